The molecular formula is C13H19BrN2O2S. The minimum absolute atomic E-state index is 0.0658. The molecule has 1 aromatic carbocycles. The van der Waals surface area contributed by atoms with E-state index in [1.807, 2.05) is 31.9 Å². The number of aryl methyl sites for hydroxylation is 1. The number of nitrogens with one attached hydrogen (secondary N) is 1. The van der Waals surface area contributed by atoms with Crippen molar-refractivity contribution in [2.75, 3.05) is 25.5 Å². The van der Waals surface area contributed by atoms with E-state index in [2.05, 4.69) is 21.2 Å². The third-order valence-electron chi connectivity index (χ3n) is 3.78. The van der Waals surface area contributed by atoms with E-state index in [1.165, 1.54) is 0 Å². The molecule has 2 atom stereocenters. The monoisotopic (exact) mass is 346 g/mol. The van der Waals surface area contributed by atoms with Crippen molar-refractivity contribution in [3.8, 4) is 0 Å². The van der Waals surface area contributed by atoms with Crippen molar-refractivity contribution in [2.45, 2.75) is 30.0 Å². The highest BCUT2D eigenvalue weighted by Crippen LogP contribution is 2.41. The molecule has 0 aromatic heterocycles. The molecule has 1 aliphatic rings. The molecule has 0 spiro atoms. The lowest BCUT2D eigenvalue weighted by atomic mass is 10.1. The van der Waals surface area contributed by atoms with Crippen LogP contribution >= 0.6 is 15.9 Å². The average molecular weight is 347 g/mol. The molecule has 4 nitrogen and oxygen atoms in total. The summed E-state index contributed by atoms with van der Waals surface area (Å²) in [5, 5.41) is 2.56. The van der Waals surface area contributed by atoms with Crippen LogP contribution in [0.1, 0.15) is 12.5 Å². The van der Waals surface area contributed by atoms with E-state index in [9.17, 15) is 8.42 Å². The molecule has 19 heavy (non-hydrogen) atoms. The molecule has 106 valence electrons. The summed E-state index contributed by atoms with van der Waals surface area (Å²) >= 11 is 3.49. The van der Waals surface area contributed by atoms with Gasteiger partial charge in [0.1, 0.15) is 0 Å². The molecule has 0 saturated heterocycles. The number of anilines is 1. The van der Waals surface area contributed by atoms with Gasteiger partial charge in [0.05, 0.1) is 15.8 Å². The van der Waals surface area contributed by atoms with Crippen molar-refractivity contribution in [1.29, 1.82) is 0 Å². The molecule has 0 amide bonds. The molecule has 6 heteroatoms. The molecule has 1 aromatic rings. The zero-order valence-corrected chi connectivity index (χ0v) is 14.0. The molecule has 0 fully saturated rings. The van der Waals surface area contributed by atoms with E-state index in [0.717, 1.165) is 15.7 Å². The maximum absolute atomic E-state index is 12.8. The van der Waals surface area contributed by atoms with Gasteiger partial charge < -0.3 is 10.2 Å². The zero-order chi connectivity index (χ0) is 14.4. The first-order valence-corrected chi connectivity index (χ1v) is 8.56. The number of benzene rings is 1. The Kier molecular flexibility index (Phi) is 3.95. The van der Waals surface area contributed by atoms with Crippen LogP contribution in [0.2, 0.25) is 0 Å². The molecule has 1 aliphatic heterocycles. The van der Waals surface area contributed by atoms with Crippen molar-refractivity contribution in [1.82, 2.24) is 5.32 Å². The molecular weight excluding hydrogens is 328 g/mol. The highest BCUT2D eigenvalue weighted by molar-refractivity contribution is 9.10. The summed E-state index contributed by atoms with van der Waals surface area (Å²) in [6.45, 7) is 4.32. The van der Waals surface area contributed by atoms with E-state index < -0.39 is 15.1 Å². The third kappa shape index (κ3) is 2.30. The Morgan fingerprint density at radius 2 is 2.05 bits per heavy atom. The van der Waals surface area contributed by atoms with Gasteiger partial charge in [0.2, 0.25) is 0 Å². The first-order valence-electron chi connectivity index (χ1n) is 6.22. The molecule has 0 aliphatic carbocycles. The van der Waals surface area contributed by atoms with Crippen LogP contribution in [-0.4, -0.2) is 40.3 Å². The fourth-order valence-electron chi connectivity index (χ4n) is 2.62. The summed E-state index contributed by atoms with van der Waals surface area (Å²) in [6, 6.07) is 3.65. The van der Waals surface area contributed by atoms with Crippen LogP contribution < -0.4 is 10.2 Å². The Labute approximate surface area is 123 Å². The Hall–Kier alpha value is -0.590. The molecule has 0 bridgehead atoms. The third-order valence-corrected chi connectivity index (χ3v) is 6.67. The van der Waals surface area contributed by atoms with Crippen LogP contribution in [0, 0.1) is 6.92 Å². The predicted molar refractivity (Wildman–Crippen MR) is 81.6 cm³/mol. The predicted octanol–water partition coefficient (Wildman–Crippen LogP) is 1.96. The highest BCUT2D eigenvalue weighted by atomic mass is 79.9. The van der Waals surface area contributed by atoms with E-state index >= 15 is 0 Å². The lowest BCUT2D eigenvalue weighted by Gasteiger charge is -2.40. The van der Waals surface area contributed by atoms with E-state index in [4.69, 9.17) is 0 Å². The van der Waals surface area contributed by atoms with Gasteiger partial charge in [-0.05, 0) is 54.5 Å². The van der Waals surface area contributed by atoms with Gasteiger partial charge in [-0.25, -0.2) is 8.42 Å². The second-order valence-corrected chi connectivity index (χ2v) is 8.08. The molecule has 2 unspecified atom stereocenters. The summed E-state index contributed by atoms with van der Waals surface area (Å²) < 4.78 is 26.4. The van der Waals surface area contributed by atoms with Gasteiger partial charge in [-0.2, -0.15) is 0 Å². The van der Waals surface area contributed by atoms with E-state index in [-0.39, 0.29) is 6.04 Å². The van der Waals surface area contributed by atoms with Gasteiger partial charge in [-0.15, -0.1) is 0 Å². The molecule has 1 heterocycles. The Morgan fingerprint density at radius 3 is 2.63 bits per heavy atom. The second-order valence-electron chi connectivity index (χ2n) is 5.09. The van der Waals surface area contributed by atoms with Crippen LogP contribution in [0.25, 0.3) is 0 Å². The Balaban J connectivity index is 2.71. The van der Waals surface area contributed by atoms with Gasteiger partial charge in [0.15, 0.2) is 9.84 Å². The number of fused-ring (bicyclic) bond motifs is 1. The first kappa shape index (κ1) is 14.8. The number of hydrogen-bond donors (Lipinski definition) is 1. The second kappa shape index (κ2) is 5.07. The highest BCUT2D eigenvalue weighted by Gasteiger charge is 2.42. The van der Waals surface area contributed by atoms with Crippen LogP contribution in [0.15, 0.2) is 21.5 Å². The van der Waals surface area contributed by atoms with E-state index in [1.54, 1.807) is 13.1 Å². The van der Waals surface area contributed by atoms with Gasteiger partial charge in [0, 0.05) is 24.1 Å². The fraction of sp³-hybridized carbons (Fsp3) is 0.538. The fourth-order valence-corrected chi connectivity index (χ4v) is 5.89. The molecule has 2 rings (SSSR count). The molecule has 0 radical (unpaired) electrons. The number of halogens is 1. The van der Waals surface area contributed by atoms with Crippen molar-refractivity contribution in [3.05, 3.63) is 22.2 Å². The van der Waals surface area contributed by atoms with Crippen molar-refractivity contribution < 1.29 is 8.42 Å². The Bertz CT molecular complexity index is 601. The van der Waals surface area contributed by atoms with Crippen molar-refractivity contribution in [3.63, 3.8) is 0 Å². The lowest BCUT2D eigenvalue weighted by molar-refractivity contribution is 0.525. The van der Waals surface area contributed by atoms with Crippen LogP contribution in [-0.2, 0) is 9.84 Å². The zero-order valence-electron chi connectivity index (χ0n) is 11.6. The van der Waals surface area contributed by atoms with Crippen molar-refractivity contribution in [2.24, 2.45) is 0 Å². The van der Waals surface area contributed by atoms with Crippen molar-refractivity contribution >= 4 is 31.5 Å². The van der Waals surface area contributed by atoms with E-state index in [0.29, 0.717) is 11.4 Å². The minimum Gasteiger partial charge on any atom is -0.369 e. The lowest BCUT2D eigenvalue weighted by Crippen LogP contribution is -2.51. The van der Waals surface area contributed by atoms with Gasteiger partial charge in [-0.3, -0.25) is 0 Å². The first-order chi connectivity index (χ1) is 8.80. The summed E-state index contributed by atoms with van der Waals surface area (Å²) in [7, 11) is 0.421. The SMILES string of the molecule is CNCC1C(C)N(C)c2c(Br)cc(C)cc2S1(=O)=O. The standard InChI is InChI=1S/C13H19BrN2O2S/c1-8-5-10(14)13-11(6-8)19(17,18)12(7-15-3)9(2)16(13)4/h5-6,9,12,15H,7H2,1-4H3. The summed E-state index contributed by atoms with van der Waals surface area (Å²) in [4.78, 5) is 2.47. The molecule has 1 N–H and O–H groups in total. The Morgan fingerprint density at radius 1 is 1.42 bits per heavy atom. The van der Waals surface area contributed by atoms with Crippen LogP contribution in [0.4, 0.5) is 5.69 Å². The number of rotatable bonds is 2. The van der Waals surface area contributed by atoms with Crippen LogP contribution in [0.5, 0.6) is 0 Å². The number of sulfone groups is 1. The quantitative estimate of drug-likeness (QED) is 0.889. The van der Waals surface area contributed by atoms with Gasteiger partial charge in [-0.1, -0.05) is 0 Å². The summed E-state index contributed by atoms with van der Waals surface area (Å²) in [6.07, 6.45) is 0. The molecule has 0 saturated carbocycles. The van der Waals surface area contributed by atoms with Gasteiger partial charge in [0.25, 0.3) is 0 Å². The van der Waals surface area contributed by atoms with Crippen LogP contribution in [0.3, 0.4) is 0 Å². The average Bonchev–Trinajstić information content (AvgIpc) is 2.31. The number of nitrogens with zero attached hydrogens (tertiary/aromatic N) is 1. The largest absolute Gasteiger partial charge is 0.369 e. The number of hydrogen-bond acceptors (Lipinski definition) is 4. The maximum Gasteiger partial charge on any atom is 0.186 e. The normalized spacial score (nSPS) is 25.2. The summed E-state index contributed by atoms with van der Waals surface area (Å²) in [5.74, 6) is 0. The minimum atomic E-state index is -3.31. The summed E-state index contributed by atoms with van der Waals surface area (Å²) in [5.41, 5.74) is 1.71. The van der Waals surface area contributed by atoms with Gasteiger partial charge >= 0.3 is 0 Å². The smallest absolute Gasteiger partial charge is 0.186 e. The topological polar surface area (TPSA) is 49.4 Å². The maximum atomic E-state index is 12.8.